The minimum Gasteiger partial charge on any atom is -0.490 e. The molecule has 1 N–H and O–H groups in total. The molecule has 1 spiro atoms. The highest BCUT2D eigenvalue weighted by Crippen LogP contribution is 2.49. The maximum absolute atomic E-state index is 12.9. The zero-order valence-corrected chi connectivity index (χ0v) is 17.3. The molecule has 4 rings (SSSR count). The number of rotatable bonds is 5. The van der Waals surface area contributed by atoms with Crippen LogP contribution in [0.5, 0.6) is 5.75 Å². The molecule has 1 aromatic heterocycles. The maximum atomic E-state index is 12.9. The molecule has 11 heteroatoms. The Bertz CT molecular complexity index is 1000. The lowest BCUT2D eigenvalue weighted by Crippen LogP contribution is -2.46. The second-order valence-electron chi connectivity index (χ2n) is 8.11. The number of halogens is 3. The van der Waals surface area contributed by atoms with Crippen molar-refractivity contribution in [3.05, 3.63) is 47.7 Å². The Kier molecular flexibility index (Phi) is 5.74. The van der Waals surface area contributed by atoms with E-state index in [0.717, 1.165) is 18.6 Å². The van der Waals surface area contributed by atoms with E-state index in [2.05, 4.69) is 10.3 Å². The van der Waals surface area contributed by atoms with Crippen molar-refractivity contribution < 1.29 is 36.7 Å². The average Bonchev–Trinajstić information content (AvgIpc) is 3.39. The van der Waals surface area contributed by atoms with Gasteiger partial charge in [-0.25, -0.2) is 9.78 Å². The zero-order valence-electron chi connectivity index (χ0n) is 17.3. The Labute approximate surface area is 181 Å². The van der Waals surface area contributed by atoms with Gasteiger partial charge in [-0.3, -0.25) is 4.79 Å². The number of carbonyl (C=O) groups excluding carboxylic acids is 2. The summed E-state index contributed by atoms with van der Waals surface area (Å²) in [5, 5.41) is 2.42. The van der Waals surface area contributed by atoms with Crippen LogP contribution in [0.25, 0.3) is 0 Å². The normalized spacial score (nSPS) is 22.5. The molecule has 2 amide bonds. The van der Waals surface area contributed by atoms with Gasteiger partial charge in [0, 0.05) is 20.1 Å². The number of nitrogens with zero attached hydrogens (tertiary/aromatic N) is 2. The van der Waals surface area contributed by atoms with Crippen molar-refractivity contribution in [2.45, 2.75) is 38.1 Å². The van der Waals surface area contributed by atoms with E-state index in [9.17, 15) is 22.8 Å². The predicted octanol–water partition coefficient (Wildman–Crippen LogP) is 3.62. The summed E-state index contributed by atoms with van der Waals surface area (Å²) in [6.45, 7) is 0.814. The third-order valence-electron chi connectivity index (χ3n) is 5.81. The summed E-state index contributed by atoms with van der Waals surface area (Å²) in [4.78, 5) is 29.4. The van der Waals surface area contributed by atoms with Gasteiger partial charge in [-0.15, -0.1) is 0 Å². The highest BCUT2D eigenvalue weighted by Gasteiger charge is 2.51. The first-order chi connectivity index (χ1) is 15.2. The van der Waals surface area contributed by atoms with Crippen LogP contribution in [0.15, 0.2) is 34.9 Å². The van der Waals surface area contributed by atoms with E-state index in [1.807, 2.05) is 0 Å². The van der Waals surface area contributed by atoms with Gasteiger partial charge in [0.1, 0.15) is 12.0 Å². The largest absolute Gasteiger partial charge is 0.490 e. The van der Waals surface area contributed by atoms with Crippen LogP contribution in [-0.4, -0.2) is 48.1 Å². The topological polar surface area (TPSA) is 93.9 Å². The number of likely N-dealkylation sites (tertiary alicyclic amines) is 1. The van der Waals surface area contributed by atoms with E-state index in [1.54, 1.807) is 4.90 Å². The Morgan fingerprint density at radius 3 is 2.84 bits per heavy atom. The molecule has 1 saturated carbocycles. The molecule has 2 aromatic rings. The first kappa shape index (κ1) is 22.0. The molecule has 2 fully saturated rings. The number of alkyl halides is 3. The highest BCUT2D eigenvalue weighted by molar-refractivity contribution is 5.91. The van der Waals surface area contributed by atoms with Gasteiger partial charge < -0.3 is 24.1 Å². The fourth-order valence-electron chi connectivity index (χ4n) is 4.18. The molecule has 1 aliphatic heterocycles. The Hall–Kier alpha value is -3.24. The zero-order chi connectivity index (χ0) is 22.9. The minimum atomic E-state index is -4.42. The van der Waals surface area contributed by atoms with E-state index >= 15 is 0 Å². The molecule has 0 radical (unpaired) electrons. The van der Waals surface area contributed by atoms with Gasteiger partial charge >= 0.3 is 12.3 Å². The molecule has 1 aromatic carbocycles. The van der Waals surface area contributed by atoms with Crippen LogP contribution in [-0.2, 0) is 17.5 Å². The van der Waals surface area contributed by atoms with Crippen molar-refractivity contribution >= 4 is 12.0 Å². The van der Waals surface area contributed by atoms with Crippen molar-refractivity contribution in [1.82, 2.24) is 15.2 Å². The van der Waals surface area contributed by atoms with Crippen molar-refractivity contribution in [2.24, 2.45) is 5.41 Å². The summed E-state index contributed by atoms with van der Waals surface area (Å²) in [7, 11) is 1.47. The van der Waals surface area contributed by atoms with Gasteiger partial charge in [0.25, 0.3) is 5.91 Å². The number of nitrogens with one attached hydrogen (secondary N) is 1. The van der Waals surface area contributed by atoms with E-state index in [0.29, 0.717) is 25.9 Å². The molecule has 32 heavy (non-hydrogen) atoms. The number of oxazole rings is 1. The average molecular weight is 453 g/mol. The van der Waals surface area contributed by atoms with Crippen LogP contribution in [0, 0.1) is 5.41 Å². The number of hydrogen-bond donors (Lipinski definition) is 1. The second kappa shape index (κ2) is 8.36. The van der Waals surface area contributed by atoms with Crippen LogP contribution < -0.4 is 10.1 Å². The van der Waals surface area contributed by atoms with Crippen LogP contribution in [0.2, 0.25) is 0 Å². The quantitative estimate of drug-likeness (QED) is 0.743. The van der Waals surface area contributed by atoms with Gasteiger partial charge in [0.05, 0.1) is 11.7 Å². The smallest absolute Gasteiger partial charge is 0.416 e. The lowest BCUT2D eigenvalue weighted by atomic mass is 9.66. The molecule has 0 unspecified atom stereocenters. The van der Waals surface area contributed by atoms with E-state index in [4.69, 9.17) is 13.9 Å². The minimum absolute atomic E-state index is 0.0972. The summed E-state index contributed by atoms with van der Waals surface area (Å²) in [6.07, 6.45) is -1.85. The fourth-order valence-corrected chi connectivity index (χ4v) is 4.18. The molecule has 1 aliphatic carbocycles. The Morgan fingerprint density at radius 1 is 1.34 bits per heavy atom. The van der Waals surface area contributed by atoms with Crippen LogP contribution in [0.3, 0.4) is 0 Å². The predicted molar refractivity (Wildman–Crippen MR) is 104 cm³/mol. The van der Waals surface area contributed by atoms with Gasteiger partial charge in [-0.05, 0) is 42.9 Å². The summed E-state index contributed by atoms with van der Waals surface area (Å²) in [5.41, 5.74) is -0.757. The molecule has 8 nitrogen and oxygen atoms in total. The monoisotopic (exact) mass is 453 g/mol. The first-order valence-corrected chi connectivity index (χ1v) is 10.1. The molecular weight excluding hydrogens is 431 g/mol. The van der Waals surface area contributed by atoms with Gasteiger partial charge in [-0.1, -0.05) is 6.07 Å². The highest BCUT2D eigenvalue weighted by atomic mass is 19.4. The fraction of sp³-hybridized carbons (Fsp3) is 0.476. The number of ether oxygens (including phenoxy) is 2. The maximum Gasteiger partial charge on any atom is 0.416 e. The molecule has 172 valence electrons. The molecule has 2 aliphatic rings. The summed E-state index contributed by atoms with van der Waals surface area (Å²) in [6, 6.07) is 4.84. The molecule has 2 heterocycles. The Morgan fingerprint density at radius 2 is 2.12 bits per heavy atom. The standard InChI is InChI=1S/C21H22F3N3O5/c1-25-18(28)16-10-30-17(26-16)11-31-19(29)27-6-5-20(12-27)8-15(9-20)32-14-4-2-3-13(7-14)21(22,23)24/h2-4,7,10,15H,5-6,8-9,11-12H2,1H3,(H,25,28). The molecular formula is C21H22F3N3O5. The third kappa shape index (κ3) is 4.66. The number of benzene rings is 1. The van der Waals surface area contributed by atoms with Crippen LogP contribution >= 0.6 is 0 Å². The van der Waals surface area contributed by atoms with Gasteiger partial charge in [0.15, 0.2) is 12.3 Å². The lowest BCUT2D eigenvalue weighted by Gasteiger charge is -2.44. The van der Waals surface area contributed by atoms with Crippen molar-refractivity contribution in [3.8, 4) is 5.75 Å². The third-order valence-corrected chi connectivity index (χ3v) is 5.81. The summed E-state index contributed by atoms with van der Waals surface area (Å²) >= 11 is 0. The SMILES string of the molecule is CNC(=O)c1coc(COC(=O)N2CCC3(CC(Oc4cccc(C(F)(F)F)c4)C3)C2)n1. The number of amides is 2. The van der Waals surface area contributed by atoms with E-state index in [1.165, 1.54) is 25.4 Å². The first-order valence-electron chi connectivity index (χ1n) is 10.1. The van der Waals surface area contributed by atoms with Crippen molar-refractivity contribution in [3.63, 3.8) is 0 Å². The molecule has 1 saturated heterocycles. The number of aromatic nitrogens is 1. The Balaban J connectivity index is 1.24. The lowest BCUT2D eigenvalue weighted by molar-refractivity contribution is -0.137. The molecule has 0 atom stereocenters. The van der Waals surface area contributed by atoms with E-state index in [-0.39, 0.29) is 35.5 Å². The second-order valence-corrected chi connectivity index (χ2v) is 8.11. The van der Waals surface area contributed by atoms with Crippen LogP contribution in [0.1, 0.15) is 41.2 Å². The van der Waals surface area contributed by atoms with Crippen molar-refractivity contribution in [2.75, 3.05) is 20.1 Å². The van der Waals surface area contributed by atoms with Crippen LogP contribution in [0.4, 0.5) is 18.0 Å². The molecule has 0 bridgehead atoms. The van der Waals surface area contributed by atoms with Gasteiger partial charge in [0.2, 0.25) is 5.89 Å². The van der Waals surface area contributed by atoms with Crippen molar-refractivity contribution in [1.29, 1.82) is 0 Å². The van der Waals surface area contributed by atoms with Gasteiger partial charge in [-0.2, -0.15) is 13.2 Å². The number of carbonyl (C=O) groups is 2. The number of hydrogen-bond acceptors (Lipinski definition) is 6. The van der Waals surface area contributed by atoms with E-state index < -0.39 is 23.7 Å². The summed E-state index contributed by atoms with van der Waals surface area (Å²) < 4.78 is 54.6. The summed E-state index contributed by atoms with van der Waals surface area (Å²) in [5.74, 6) is -0.0974.